The highest BCUT2D eigenvalue weighted by Crippen LogP contribution is 2.23. The first kappa shape index (κ1) is 15.7. The average Bonchev–Trinajstić information content (AvgIpc) is 3.05. The molecule has 0 unspecified atom stereocenters. The Bertz CT molecular complexity index is 631. The van der Waals surface area contributed by atoms with Crippen molar-refractivity contribution in [2.24, 2.45) is 5.92 Å². The molecule has 1 aliphatic heterocycles. The standard InChI is InChI=1S/C18H23N3O2/c1-23-17(22)14-20-10-7-15(8-11-20)13-21-12-9-19-18(21)16-5-3-2-4-6-16/h2-6,9,12,15H,7-8,10-11,13-14H2,1H3. The Morgan fingerprint density at radius 1 is 1.26 bits per heavy atom. The summed E-state index contributed by atoms with van der Waals surface area (Å²) in [6, 6.07) is 10.3. The van der Waals surface area contributed by atoms with Gasteiger partial charge in [0.1, 0.15) is 5.82 Å². The highest BCUT2D eigenvalue weighted by Gasteiger charge is 2.22. The summed E-state index contributed by atoms with van der Waals surface area (Å²) in [4.78, 5) is 18.0. The number of aromatic nitrogens is 2. The highest BCUT2D eigenvalue weighted by atomic mass is 16.5. The molecule has 0 saturated carbocycles. The molecular weight excluding hydrogens is 290 g/mol. The second-order valence-electron chi connectivity index (χ2n) is 6.06. The molecule has 0 bridgehead atoms. The minimum Gasteiger partial charge on any atom is -0.468 e. The number of imidazole rings is 1. The molecule has 0 radical (unpaired) electrons. The number of ether oxygens (including phenoxy) is 1. The number of piperidine rings is 1. The molecule has 0 amide bonds. The molecule has 0 aliphatic carbocycles. The topological polar surface area (TPSA) is 47.4 Å². The quantitative estimate of drug-likeness (QED) is 0.796. The maximum absolute atomic E-state index is 11.3. The van der Waals surface area contributed by atoms with E-state index < -0.39 is 0 Å². The third-order valence-corrected chi connectivity index (χ3v) is 4.49. The largest absolute Gasteiger partial charge is 0.468 e. The van der Waals surface area contributed by atoms with Crippen LogP contribution in [0, 0.1) is 5.92 Å². The lowest BCUT2D eigenvalue weighted by molar-refractivity contribution is -0.142. The molecule has 1 fully saturated rings. The van der Waals surface area contributed by atoms with Crippen LogP contribution in [-0.4, -0.2) is 47.2 Å². The first-order chi connectivity index (χ1) is 11.3. The van der Waals surface area contributed by atoms with Crippen LogP contribution in [0.2, 0.25) is 0 Å². The minimum absolute atomic E-state index is 0.149. The number of esters is 1. The van der Waals surface area contributed by atoms with Crippen molar-refractivity contribution < 1.29 is 9.53 Å². The van der Waals surface area contributed by atoms with E-state index in [1.54, 1.807) is 0 Å². The van der Waals surface area contributed by atoms with Gasteiger partial charge < -0.3 is 9.30 Å². The molecule has 3 rings (SSSR count). The Kier molecular flexibility index (Phi) is 5.08. The zero-order valence-electron chi connectivity index (χ0n) is 13.5. The fourth-order valence-corrected chi connectivity index (χ4v) is 3.16. The monoisotopic (exact) mass is 313 g/mol. The Morgan fingerprint density at radius 2 is 2.00 bits per heavy atom. The van der Waals surface area contributed by atoms with E-state index in [1.807, 2.05) is 24.4 Å². The van der Waals surface area contributed by atoms with Gasteiger partial charge in [-0.25, -0.2) is 4.98 Å². The van der Waals surface area contributed by atoms with Crippen LogP contribution < -0.4 is 0 Å². The van der Waals surface area contributed by atoms with Crippen molar-refractivity contribution in [2.45, 2.75) is 19.4 Å². The van der Waals surface area contributed by atoms with E-state index in [1.165, 1.54) is 7.11 Å². The van der Waals surface area contributed by atoms with Gasteiger partial charge in [-0.05, 0) is 31.8 Å². The van der Waals surface area contributed by atoms with Gasteiger partial charge in [0.15, 0.2) is 0 Å². The van der Waals surface area contributed by atoms with E-state index in [-0.39, 0.29) is 5.97 Å². The molecule has 0 N–H and O–H groups in total. The van der Waals surface area contributed by atoms with Crippen LogP contribution in [-0.2, 0) is 16.1 Å². The minimum atomic E-state index is -0.149. The van der Waals surface area contributed by atoms with Gasteiger partial charge in [0, 0.05) is 24.5 Å². The molecule has 1 aromatic carbocycles. The van der Waals surface area contributed by atoms with Crippen molar-refractivity contribution >= 4 is 5.97 Å². The first-order valence-electron chi connectivity index (χ1n) is 8.12. The van der Waals surface area contributed by atoms with Crippen molar-refractivity contribution in [3.8, 4) is 11.4 Å². The molecule has 2 heterocycles. The number of hydrogen-bond acceptors (Lipinski definition) is 4. The van der Waals surface area contributed by atoms with Crippen molar-refractivity contribution in [1.29, 1.82) is 0 Å². The summed E-state index contributed by atoms with van der Waals surface area (Å²) in [5.74, 6) is 1.51. The highest BCUT2D eigenvalue weighted by molar-refractivity contribution is 5.71. The van der Waals surface area contributed by atoms with Crippen molar-refractivity contribution in [1.82, 2.24) is 14.5 Å². The average molecular weight is 313 g/mol. The summed E-state index contributed by atoms with van der Waals surface area (Å²) < 4.78 is 6.98. The van der Waals surface area contributed by atoms with Crippen LogP contribution >= 0.6 is 0 Å². The van der Waals surface area contributed by atoms with Gasteiger partial charge in [0.2, 0.25) is 0 Å². The van der Waals surface area contributed by atoms with Gasteiger partial charge in [-0.3, -0.25) is 9.69 Å². The fraction of sp³-hybridized carbons (Fsp3) is 0.444. The van der Waals surface area contributed by atoms with Crippen LogP contribution in [0.15, 0.2) is 42.7 Å². The Balaban J connectivity index is 1.58. The molecule has 1 aromatic heterocycles. The van der Waals surface area contributed by atoms with E-state index in [0.29, 0.717) is 12.5 Å². The Morgan fingerprint density at radius 3 is 2.70 bits per heavy atom. The van der Waals surface area contributed by atoms with Gasteiger partial charge in [-0.1, -0.05) is 30.3 Å². The summed E-state index contributed by atoms with van der Waals surface area (Å²) in [5, 5.41) is 0. The molecule has 1 aliphatic rings. The van der Waals surface area contributed by atoms with Crippen LogP contribution in [0.3, 0.4) is 0 Å². The van der Waals surface area contributed by atoms with Crippen LogP contribution in [0.5, 0.6) is 0 Å². The van der Waals surface area contributed by atoms with Crippen molar-refractivity contribution in [3.05, 3.63) is 42.7 Å². The van der Waals surface area contributed by atoms with Gasteiger partial charge >= 0.3 is 5.97 Å². The van der Waals surface area contributed by atoms with Gasteiger partial charge in [0.05, 0.1) is 13.7 Å². The molecule has 5 nitrogen and oxygen atoms in total. The molecule has 122 valence electrons. The number of likely N-dealkylation sites (tertiary alicyclic amines) is 1. The zero-order valence-corrected chi connectivity index (χ0v) is 13.5. The predicted molar refractivity (Wildman–Crippen MR) is 88.8 cm³/mol. The van der Waals surface area contributed by atoms with Gasteiger partial charge in [-0.15, -0.1) is 0 Å². The second kappa shape index (κ2) is 7.42. The number of rotatable bonds is 5. The number of hydrogen-bond donors (Lipinski definition) is 0. The number of benzene rings is 1. The maximum Gasteiger partial charge on any atom is 0.319 e. The normalized spacial score (nSPS) is 16.4. The molecule has 1 saturated heterocycles. The van der Waals surface area contributed by atoms with E-state index in [0.717, 1.165) is 43.9 Å². The Labute approximate surface area is 136 Å². The molecule has 5 heteroatoms. The summed E-state index contributed by atoms with van der Waals surface area (Å²) in [6.07, 6.45) is 6.13. The van der Waals surface area contributed by atoms with Crippen molar-refractivity contribution in [2.75, 3.05) is 26.7 Å². The number of nitrogens with zero attached hydrogens (tertiary/aromatic N) is 3. The first-order valence-corrected chi connectivity index (χ1v) is 8.12. The number of methoxy groups -OCH3 is 1. The van der Waals surface area contributed by atoms with E-state index in [9.17, 15) is 4.79 Å². The van der Waals surface area contributed by atoms with Crippen molar-refractivity contribution in [3.63, 3.8) is 0 Å². The van der Waals surface area contributed by atoms with Crippen LogP contribution in [0.25, 0.3) is 11.4 Å². The molecular formula is C18H23N3O2. The second-order valence-corrected chi connectivity index (χ2v) is 6.06. The van der Waals surface area contributed by atoms with E-state index in [4.69, 9.17) is 4.74 Å². The lowest BCUT2D eigenvalue weighted by atomic mass is 9.96. The third kappa shape index (κ3) is 3.99. The third-order valence-electron chi connectivity index (χ3n) is 4.49. The summed E-state index contributed by atoms with van der Waals surface area (Å²) >= 11 is 0. The van der Waals surface area contributed by atoms with E-state index in [2.05, 4.69) is 32.8 Å². The summed E-state index contributed by atoms with van der Waals surface area (Å²) in [5.41, 5.74) is 1.15. The van der Waals surface area contributed by atoms with Crippen LogP contribution in [0.1, 0.15) is 12.8 Å². The van der Waals surface area contributed by atoms with E-state index >= 15 is 0 Å². The predicted octanol–water partition coefficient (Wildman–Crippen LogP) is 2.44. The smallest absolute Gasteiger partial charge is 0.319 e. The lowest BCUT2D eigenvalue weighted by Crippen LogP contribution is -2.38. The summed E-state index contributed by atoms with van der Waals surface area (Å²) in [6.45, 7) is 3.30. The number of carbonyl (C=O) groups is 1. The maximum atomic E-state index is 11.3. The SMILES string of the molecule is COC(=O)CN1CCC(Cn2ccnc2-c2ccccc2)CC1. The lowest BCUT2D eigenvalue weighted by Gasteiger charge is -2.31. The Hall–Kier alpha value is -2.14. The van der Waals surface area contributed by atoms with Gasteiger partial charge in [0.25, 0.3) is 0 Å². The molecule has 0 spiro atoms. The van der Waals surface area contributed by atoms with Crippen LogP contribution in [0.4, 0.5) is 0 Å². The fourth-order valence-electron chi connectivity index (χ4n) is 3.16. The molecule has 23 heavy (non-hydrogen) atoms. The number of carbonyl (C=O) groups excluding carboxylic acids is 1. The zero-order chi connectivity index (χ0) is 16.1. The molecule has 2 aromatic rings. The molecule has 0 atom stereocenters. The summed E-state index contributed by atoms with van der Waals surface area (Å²) in [7, 11) is 1.44. The van der Waals surface area contributed by atoms with Gasteiger partial charge in [-0.2, -0.15) is 0 Å².